The molecule has 0 radical (unpaired) electrons. The normalized spacial score (nSPS) is 23.9. The predicted octanol–water partition coefficient (Wildman–Crippen LogP) is 3.76. The Hall–Kier alpha value is -1.61. The van der Waals surface area contributed by atoms with Crippen LogP contribution in [0.3, 0.4) is 0 Å². The molecule has 3 rings (SSSR count). The number of nitrogens with two attached hydrogens (primary N) is 1. The van der Waals surface area contributed by atoms with Crippen molar-refractivity contribution < 1.29 is 0 Å². The van der Waals surface area contributed by atoms with Crippen molar-refractivity contribution in [2.24, 2.45) is 17.6 Å². The van der Waals surface area contributed by atoms with Crippen molar-refractivity contribution in [1.82, 2.24) is 9.55 Å². The molecule has 1 aromatic carbocycles. The van der Waals surface area contributed by atoms with Gasteiger partial charge in [-0.05, 0) is 30.2 Å². The van der Waals surface area contributed by atoms with Gasteiger partial charge in [-0.15, -0.1) is 0 Å². The lowest BCUT2D eigenvalue weighted by Crippen LogP contribution is -2.21. The van der Waals surface area contributed by atoms with E-state index in [-0.39, 0.29) is 6.04 Å². The first-order valence-electron chi connectivity index (χ1n) is 8.04. The molecule has 112 valence electrons. The van der Waals surface area contributed by atoms with Crippen molar-refractivity contribution >= 4 is 0 Å². The summed E-state index contributed by atoms with van der Waals surface area (Å²) in [6.45, 7) is 3.42. The summed E-state index contributed by atoms with van der Waals surface area (Å²) in [7, 11) is 0. The van der Waals surface area contributed by atoms with Gasteiger partial charge in [0.15, 0.2) is 0 Å². The van der Waals surface area contributed by atoms with Gasteiger partial charge in [0.25, 0.3) is 0 Å². The number of benzene rings is 1. The number of imidazole rings is 1. The van der Waals surface area contributed by atoms with Gasteiger partial charge in [0.2, 0.25) is 0 Å². The second-order valence-electron chi connectivity index (χ2n) is 6.49. The highest BCUT2D eigenvalue weighted by atomic mass is 15.1. The fourth-order valence-electron chi connectivity index (χ4n) is 3.36. The van der Waals surface area contributed by atoms with Crippen LogP contribution in [-0.4, -0.2) is 9.55 Å². The quantitative estimate of drug-likeness (QED) is 0.928. The third kappa shape index (κ3) is 3.35. The van der Waals surface area contributed by atoms with E-state index in [9.17, 15) is 0 Å². The second kappa shape index (κ2) is 6.44. The highest BCUT2D eigenvalue weighted by molar-refractivity contribution is 5.26. The molecule has 1 atom stereocenters. The largest absolute Gasteiger partial charge is 0.333 e. The minimum Gasteiger partial charge on any atom is -0.333 e. The van der Waals surface area contributed by atoms with Gasteiger partial charge < -0.3 is 10.3 Å². The summed E-state index contributed by atoms with van der Waals surface area (Å²) in [4.78, 5) is 4.33. The third-order valence-corrected chi connectivity index (χ3v) is 4.81. The van der Waals surface area contributed by atoms with Crippen LogP contribution < -0.4 is 5.73 Å². The lowest BCUT2D eigenvalue weighted by molar-refractivity contribution is 0.262. The zero-order chi connectivity index (χ0) is 14.7. The van der Waals surface area contributed by atoms with E-state index in [1.807, 2.05) is 30.7 Å². The Bertz CT molecular complexity index is 553. The number of hydrogen-bond acceptors (Lipinski definition) is 2. The van der Waals surface area contributed by atoms with E-state index < -0.39 is 0 Å². The molecular formula is C18H25N3. The first kappa shape index (κ1) is 14.3. The van der Waals surface area contributed by atoms with E-state index in [4.69, 9.17) is 5.73 Å². The van der Waals surface area contributed by atoms with Gasteiger partial charge in [-0.1, -0.05) is 50.1 Å². The maximum Gasteiger partial charge on any atom is 0.0948 e. The van der Waals surface area contributed by atoms with E-state index in [0.717, 1.165) is 29.6 Å². The number of aromatic nitrogens is 2. The Kier molecular flexibility index (Phi) is 4.39. The molecular weight excluding hydrogens is 258 g/mol. The van der Waals surface area contributed by atoms with Crippen LogP contribution in [0.25, 0.3) is 0 Å². The third-order valence-electron chi connectivity index (χ3n) is 4.81. The standard InChI is InChI=1S/C18H25N3/c1-14-7-9-15(10-8-14)12-21-13-20-11-17(21)18(19)16-5-3-2-4-6-16/h2-6,11,13-15,18H,7-10,12,19H2,1H3. The Morgan fingerprint density at radius 2 is 1.90 bits per heavy atom. The van der Waals surface area contributed by atoms with Crippen LogP contribution in [0.2, 0.25) is 0 Å². The summed E-state index contributed by atoms with van der Waals surface area (Å²) in [5, 5.41) is 0. The topological polar surface area (TPSA) is 43.8 Å². The summed E-state index contributed by atoms with van der Waals surface area (Å²) in [6.07, 6.45) is 9.25. The number of rotatable bonds is 4. The summed E-state index contributed by atoms with van der Waals surface area (Å²) in [5.41, 5.74) is 8.70. The van der Waals surface area contributed by atoms with E-state index >= 15 is 0 Å². The van der Waals surface area contributed by atoms with Crippen molar-refractivity contribution in [1.29, 1.82) is 0 Å². The molecule has 1 aliphatic carbocycles. The predicted molar refractivity (Wildman–Crippen MR) is 85.8 cm³/mol. The Balaban J connectivity index is 1.72. The zero-order valence-electron chi connectivity index (χ0n) is 12.8. The fraction of sp³-hybridized carbons (Fsp3) is 0.500. The summed E-state index contributed by atoms with van der Waals surface area (Å²) < 4.78 is 2.26. The molecule has 0 aliphatic heterocycles. The average Bonchev–Trinajstić information content (AvgIpc) is 2.98. The molecule has 0 amide bonds. The molecule has 1 aromatic heterocycles. The van der Waals surface area contributed by atoms with Crippen LogP contribution in [0.15, 0.2) is 42.9 Å². The van der Waals surface area contributed by atoms with Crippen molar-refractivity contribution in [2.75, 3.05) is 0 Å². The molecule has 2 N–H and O–H groups in total. The molecule has 1 saturated carbocycles. The zero-order valence-corrected chi connectivity index (χ0v) is 12.8. The van der Waals surface area contributed by atoms with Crippen molar-refractivity contribution in [2.45, 2.75) is 45.2 Å². The van der Waals surface area contributed by atoms with Crippen LogP contribution >= 0.6 is 0 Å². The van der Waals surface area contributed by atoms with E-state index in [1.54, 1.807) is 0 Å². The molecule has 3 heteroatoms. The van der Waals surface area contributed by atoms with Crippen molar-refractivity contribution in [3.63, 3.8) is 0 Å². The molecule has 1 unspecified atom stereocenters. The van der Waals surface area contributed by atoms with Crippen LogP contribution in [0.1, 0.15) is 49.9 Å². The maximum atomic E-state index is 6.43. The molecule has 1 heterocycles. The van der Waals surface area contributed by atoms with E-state index in [1.165, 1.54) is 25.7 Å². The van der Waals surface area contributed by atoms with Crippen molar-refractivity contribution in [3.05, 3.63) is 54.1 Å². The van der Waals surface area contributed by atoms with E-state index in [0.29, 0.717) is 0 Å². The van der Waals surface area contributed by atoms with Gasteiger partial charge in [-0.2, -0.15) is 0 Å². The maximum absolute atomic E-state index is 6.43. The Morgan fingerprint density at radius 3 is 2.62 bits per heavy atom. The van der Waals surface area contributed by atoms with Gasteiger partial charge in [-0.25, -0.2) is 4.98 Å². The lowest BCUT2D eigenvalue weighted by atomic mass is 9.83. The second-order valence-corrected chi connectivity index (χ2v) is 6.49. The van der Waals surface area contributed by atoms with Gasteiger partial charge in [0, 0.05) is 6.54 Å². The van der Waals surface area contributed by atoms with Crippen LogP contribution in [0.4, 0.5) is 0 Å². The molecule has 1 fully saturated rings. The Morgan fingerprint density at radius 1 is 1.19 bits per heavy atom. The average molecular weight is 283 g/mol. The van der Waals surface area contributed by atoms with Gasteiger partial charge >= 0.3 is 0 Å². The smallest absolute Gasteiger partial charge is 0.0948 e. The highest BCUT2D eigenvalue weighted by Gasteiger charge is 2.21. The van der Waals surface area contributed by atoms with Gasteiger partial charge in [-0.3, -0.25) is 0 Å². The molecule has 2 aromatic rings. The number of nitrogens with zero attached hydrogens (tertiary/aromatic N) is 2. The SMILES string of the molecule is CC1CCC(Cn2cncc2C(N)c2ccccc2)CC1. The fourth-order valence-corrected chi connectivity index (χ4v) is 3.36. The Labute approximate surface area is 127 Å². The summed E-state index contributed by atoms with van der Waals surface area (Å²) in [5.74, 6) is 1.67. The first-order valence-corrected chi connectivity index (χ1v) is 8.04. The van der Waals surface area contributed by atoms with Crippen molar-refractivity contribution in [3.8, 4) is 0 Å². The molecule has 21 heavy (non-hydrogen) atoms. The monoisotopic (exact) mass is 283 g/mol. The lowest BCUT2D eigenvalue weighted by Gasteiger charge is -2.27. The van der Waals surface area contributed by atoms with Crippen LogP contribution in [-0.2, 0) is 6.54 Å². The molecule has 0 saturated heterocycles. The van der Waals surface area contributed by atoms with Crippen LogP contribution in [0.5, 0.6) is 0 Å². The minimum absolute atomic E-state index is 0.0868. The molecule has 3 nitrogen and oxygen atoms in total. The summed E-state index contributed by atoms with van der Waals surface area (Å²) in [6, 6.07) is 10.2. The van der Waals surface area contributed by atoms with Crippen LogP contribution in [0, 0.1) is 11.8 Å². The summed E-state index contributed by atoms with van der Waals surface area (Å²) >= 11 is 0. The first-order chi connectivity index (χ1) is 10.2. The van der Waals surface area contributed by atoms with E-state index in [2.05, 4.69) is 28.6 Å². The highest BCUT2D eigenvalue weighted by Crippen LogP contribution is 2.30. The number of hydrogen-bond donors (Lipinski definition) is 1. The van der Waals surface area contributed by atoms with Gasteiger partial charge in [0.05, 0.1) is 24.3 Å². The molecule has 0 bridgehead atoms. The molecule has 1 aliphatic rings. The minimum atomic E-state index is -0.0868. The molecule has 0 spiro atoms. The van der Waals surface area contributed by atoms with Gasteiger partial charge in [0.1, 0.15) is 0 Å².